The molecule has 0 aliphatic carbocycles. The summed E-state index contributed by atoms with van der Waals surface area (Å²) >= 11 is 0. The van der Waals surface area contributed by atoms with E-state index in [1.54, 1.807) is 12.1 Å². The number of hydrogen-bond acceptors (Lipinski definition) is 3. The van der Waals surface area contributed by atoms with Crippen LogP contribution >= 0.6 is 0 Å². The van der Waals surface area contributed by atoms with Gasteiger partial charge in [0.15, 0.2) is 6.79 Å². The number of halogens is 3. The Labute approximate surface area is 110 Å². The summed E-state index contributed by atoms with van der Waals surface area (Å²) in [5.41, 5.74) is 1.11. The van der Waals surface area contributed by atoms with Crippen molar-refractivity contribution in [1.82, 2.24) is 5.32 Å². The number of rotatable bonds is 7. The topological polar surface area (TPSA) is 30.5 Å². The smallest absolute Gasteiger partial charge is 0.411 e. The van der Waals surface area contributed by atoms with Crippen LogP contribution in [0.4, 0.5) is 13.2 Å². The molecule has 1 aromatic rings. The average molecular weight is 277 g/mol. The Balaban J connectivity index is 2.40. The molecule has 0 aliphatic rings. The van der Waals surface area contributed by atoms with Gasteiger partial charge in [-0.1, -0.05) is 19.1 Å². The Kier molecular flexibility index (Phi) is 6.11. The van der Waals surface area contributed by atoms with E-state index in [1.165, 1.54) is 0 Å². The van der Waals surface area contributed by atoms with Crippen molar-refractivity contribution < 1.29 is 22.6 Å². The van der Waals surface area contributed by atoms with Crippen molar-refractivity contribution in [2.75, 3.05) is 20.4 Å². The molecule has 6 heteroatoms. The molecule has 3 nitrogen and oxygen atoms in total. The first kappa shape index (κ1) is 15.8. The Morgan fingerprint density at radius 2 is 1.84 bits per heavy atom. The number of nitrogens with one attached hydrogen (secondary N) is 1. The molecule has 0 bridgehead atoms. The summed E-state index contributed by atoms with van der Waals surface area (Å²) in [6, 6.07) is 7.45. The molecule has 0 heterocycles. The van der Waals surface area contributed by atoms with Gasteiger partial charge in [-0.05, 0) is 31.2 Å². The fourth-order valence-corrected chi connectivity index (χ4v) is 1.67. The van der Waals surface area contributed by atoms with Crippen LogP contribution in [0.3, 0.4) is 0 Å². The lowest BCUT2D eigenvalue weighted by Crippen LogP contribution is -2.19. The maximum absolute atomic E-state index is 11.8. The number of ether oxygens (including phenoxy) is 2. The Hall–Kier alpha value is -1.27. The van der Waals surface area contributed by atoms with Crippen LogP contribution in [-0.2, 0) is 4.74 Å². The quantitative estimate of drug-likeness (QED) is 0.613. The molecule has 0 saturated heterocycles. The van der Waals surface area contributed by atoms with Crippen LogP contribution in [0.5, 0.6) is 5.75 Å². The third-order valence-electron chi connectivity index (χ3n) is 2.61. The van der Waals surface area contributed by atoms with E-state index in [9.17, 15) is 13.2 Å². The van der Waals surface area contributed by atoms with Crippen LogP contribution in [0.2, 0.25) is 0 Å². The summed E-state index contributed by atoms with van der Waals surface area (Å²) in [7, 11) is 1.88. The van der Waals surface area contributed by atoms with Crippen molar-refractivity contribution >= 4 is 0 Å². The molecule has 1 atom stereocenters. The number of hydrogen-bond donors (Lipinski definition) is 1. The van der Waals surface area contributed by atoms with Crippen molar-refractivity contribution in [3.63, 3.8) is 0 Å². The van der Waals surface area contributed by atoms with E-state index in [0.29, 0.717) is 5.75 Å². The second-order valence-electron chi connectivity index (χ2n) is 4.04. The van der Waals surface area contributed by atoms with Gasteiger partial charge in [-0.15, -0.1) is 0 Å². The van der Waals surface area contributed by atoms with Gasteiger partial charge in [0.05, 0.1) is 0 Å². The Bertz CT molecular complexity index is 361. The van der Waals surface area contributed by atoms with Crippen molar-refractivity contribution in [2.24, 2.45) is 0 Å². The van der Waals surface area contributed by atoms with E-state index >= 15 is 0 Å². The van der Waals surface area contributed by atoms with Gasteiger partial charge in [-0.3, -0.25) is 0 Å². The Morgan fingerprint density at radius 1 is 1.21 bits per heavy atom. The minimum atomic E-state index is -4.33. The van der Waals surface area contributed by atoms with Gasteiger partial charge in [-0.2, -0.15) is 13.2 Å². The molecule has 0 aromatic heterocycles. The monoisotopic (exact) mass is 277 g/mol. The molecule has 108 valence electrons. The van der Waals surface area contributed by atoms with Crippen LogP contribution in [0.15, 0.2) is 24.3 Å². The van der Waals surface area contributed by atoms with Gasteiger partial charge in [0.1, 0.15) is 12.4 Å². The normalized spacial score (nSPS) is 13.3. The maximum Gasteiger partial charge on any atom is 0.411 e. The number of benzene rings is 1. The van der Waals surface area contributed by atoms with Gasteiger partial charge < -0.3 is 14.8 Å². The van der Waals surface area contributed by atoms with Crippen molar-refractivity contribution in [3.05, 3.63) is 29.8 Å². The predicted molar refractivity (Wildman–Crippen MR) is 66.0 cm³/mol. The summed E-state index contributed by atoms with van der Waals surface area (Å²) in [6.07, 6.45) is -3.38. The number of alkyl halides is 3. The van der Waals surface area contributed by atoms with E-state index in [2.05, 4.69) is 17.0 Å². The van der Waals surface area contributed by atoms with Crippen LogP contribution in [-0.4, -0.2) is 26.6 Å². The zero-order valence-corrected chi connectivity index (χ0v) is 11.0. The van der Waals surface area contributed by atoms with E-state index in [0.717, 1.165) is 12.0 Å². The highest BCUT2D eigenvalue weighted by Gasteiger charge is 2.27. The zero-order chi connectivity index (χ0) is 14.3. The average Bonchev–Trinajstić information content (AvgIpc) is 2.37. The highest BCUT2D eigenvalue weighted by molar-refractivity contribution is 5.29. The SMILES string of the molecule is CCC(NC)c1ccc(OCOCC(F)(F)F)cc1. The third kappa shape index (κ3) is 5.94. The Morgan fingerprint density at radius 3 is 2.32 bits per heavy atom. The first-order valence-corrected chi connectivity index (χ1v) is 6.00. The lowest BCUT2D eigenvalue weighted by Gasteiger charge is -2.15. The fraction of sp³-hybridized carbons (Fsp3) is 0.538. The fourth-order valence-electron chi connectivity index (χ4n) is 1.67. The first-order chi connectivity index (χ1) is 8.96. The molecule has 1 unspecified atom stereocenters. The largest absolute Gasteiger partial charge is 0.468 e. The van der Waals surface area contributed by atoms with Gasteiger partial charge in [0.25, 0.3) is 0 Å². The van der Waals surface area contributed by atoms with Crippen molar-refractivity contribution in [3.8, 4) is 5.75 Å². The highest BCUT2D eigenvalue weighted by atomic mass is 19.4. The molecule has 0 fully saturated rings. The molecular formula is C13H18F3NO2. The summed E-state index contributed by atoms with van der Waals surface area (Å²) < 4.78 is 44.9. The van der Waals surface area contributed by atoms with E-state index in [-0.39, 0.29) is 6.04 Å². The molecule has 19 heavy (non-hydrogen) atoms. The first-order valence-electron chi connectivity index (χ1n) is 6.00. The van der Waals surface area contributed by atoms with Crippen LogP contribution in [0, 0.1) is 0 Å². The summed E-state index contributed by atoms with van der Waals surface area (Å²) in [5, 5.41) is 3.17. The van der Waals surface area contributed by atoms with Crippen LogP contribution < -0.4 is 10.1 Å². The van der Waals surface area contributed by atoms with Crippen molar-refractivity contribution in [1.29, 1.82) is 0 Å². The van der Waals surface area contributed by atoms with Gasteiger partial charge in [0, 0.05) is 6.04 Å². The second-order valence-corrected chi connectivity index (χ2v) is 4.04. The summed E-state index contributed by atoms with van der Waals surface area (Å²) in [5.74, 6) is 0.483. The standard InChI is InChI=1S/C13H18F3NO2/c1-3-12(17-2)10-4-6-11(7-5-10)19-9-18-8-13(14,15)16/h4-7,12,17H,3,8-9H2,1-2H3. The van der Waals surface area contributed by atoms with Gasteiger partial charge in [-0.25, -0.2) is 0 Å². The second kappa shape index (κ2) is 7.35. The zero-order valence-electron chi connectivity index (χ0n) is 11.0. The molecule has 0 aliphatic heterocycles. The molecule has 0 amide bonds. The molecule has 1 N–H and O–H groups in total. The lowest BCUT2D eigenvalue weighted by molar-refractivity contribution is -0.186. The molecule has 1 rings (SSSR count). The summed E-state index contributed by atoms with van der Waals surface area (Å²) in [6.45, 7) is 0.349. The predicted octanol–water partition coefficient (Wildman–Crippen LogP) is 3.27. The van der Waals surface area contributed by atoms with Crippen LogP contribution in [0.25, 0.3) is 0 Å². The van der Waals surface area contributed by atoms with E-state index in [1.807, 2.05) is 19.2 Å². The van der Waals surface area contributed by atoms with Crippen molar-refractivity contribution in [2.45, 2.75) is 25.6 Å². The molecular weight excluding hydrogens is 259 g/mol. The maximum atomic E-state index is 11.8. The highest BCUT2D eigenvalue weighted by Crippen LogP contribution is 2.20. The minimum absolute atomic E-state index is 0.260. The minimum Gasteiger partial charge on any atom is -0.468 e. The molecule has 0 spiro atoms. The van der Waals surface area contributed by atoms with E-state index in [4.69, 9.17) is 4.74 Å². The molecule has 0 radical (unpaired) electrons. The molecule has 1 aromatic carbocycles. The van der Waals surface area contributed by atoms with Gasteiger partial charge in [0.2, 0.25) is 0 Å². The summed E-state index contributed by atoms with van der Waals surface area (Å²) in [4.78, 5) is 0. The lowest BCUT2D eigenvalue weighted by atomic mass is 10.1. The third-order valence-corrected chi connectivity index (χ3v) is 2.61. The van der Waals surface area contributed by atoms with Gasteiger partial charge >= 0.3 is 6.18 Å². The molecule has 0 saturated carbocycles. The van der Waals surface area contributed by atoms with E-state index < -0.39 is 19.6 Å². The van der Waals surface area contributed by atoms with Crippen LogP contribution in [0.1, 0.15) is 24.9 Å².